The summed E-state index contributed by atoms with van der Waals surface area (Å²) in [6.07, 6.45) is 0. The number of methoxy groups -OCH3 is 2. The molecule has 0 saturated carbocycles. The third kappa shape index (κ3) is 5.62. The Hall–Kier alpha value is -3.58. The van der Waals surface area contributed by atoms with Crippen LogP contribution in [0.15, 0.2) is 132 Å². The molecule has 4 rings (SSSR count). The number of carbonyl (C=O) groups excluding carboxylic acids is 2. The highest BCUT2D eigenvalue weighted by atomic mass is 31.1. The molecule has 4 aromatic rings. The maximum Gasteiger partial charge on any atom is 0.339 e. The Labute approximate surface area is 214 Å². The molecule has 0 aromatic heterocycles. The average molecular weight is 512 g/mol. The molecule has 0 bridgehead atoms. The van der Waals surface area contributed by atoms with Gasteiger partial charge in [-0.05, 0) is 37.1 Å². The minimum atomic E-state index is -1.43. The minimum Gasteiger partial charge on any atom is -0.465 e. The summed E-state index contributed by atoms with van der Waals surface area (Å²) < 4.78 is 10.7. The normalized spacial score (nSPS) is 11.7. The van der Waals surface area contributed by atoms with Gasteiger partial charge in [-0.1, -0.05) is 121 Å². The first-order valence-electron chi connectivity index (χ1n) is 11.4. The van der Waals surface area contributed by atoms with E-state index in [1.165, 1.54) is 14.2 Å². The Kier molecular flexibility index (Phi) is 8.79. The van der Waals surface area contributed by atoms with Crippen LogP contribution in [0, 0.1) is 0 Å². The molecule has 180 valence electrons. The molecule has 0 amide bonds. The monoisotopic (exact) mass is 512 g/mol. The Morgan fingerprint density at radius 3 is 0.861 bits per heavy atom. The van der Waals surface area contributed by atoms with Crippen molar-refractivity contribution in [1.82, 2.24) is 0 Å². The Morgan fingerprint density at radius 1 is 0.444 bits per heavy atom. The molecule has 0 spiro atoms. The fourth-order valence-corrected chi connectivity index (χ4v) is 9.17. The number of hydrogen-bond acceptors (Lipinski definition) is 4. The number of rotatable bonds is 8. The first-order chi connectivity index (χ1) is 17.7. The highest BCUT2D eigenvalue weighted by Crippen LogP contribution is 2.54. The number of hydrogen-bond donors (Lipinski definition) is 0. The van der Waals surface area contributed by atoms with Gasteiger partial charge in [0.2, 0.25) is 0 Å². The molecular formula is C30H26O4P2. The van der Waals surface area contributed by atoms with Gasteiger partial charge in [-0.2, -0.15) is 0 Å². The lowest BCUT2D eigenvalue weighted by Crippen LogP contribution is -2.25. The summed E-state index contributed by atoms with van der Waals surface area (Å²) in [5.74, 6) is -1.07. The molecule has 36 heavy (non-hydrogen) atoms. The van der Waals surface area contributed by atoms with Crippen LogP contribution >= 0.6 is 15.8 Å². The molecule has 0 radical (unpaired) electrons. The van der Waals surface area contributed by atoms with Gasteiger partial charge < -0.3 is 9.47 Å². The number of ether oxygens (including phenoxy) is 2. The van der Waals surface area contributed by atoms with Crippen LogP contribution in [-0.4, -0.2) is 26.2 Å². The largest absolute Gasteiger partial charge is 0.465 e. The van der Waals surface area contributed by atoms with Gasteiger partial charge in [0.25, 0.3) is 0 Å². The molecule has 0 saturated heterocycles. The molecule has 4 aromatic carbocycles. The van der Waals surface area contributed by atoms with Gasteiger partial charge in [-0.3, -0.25) is 0 Å². The molecule has 0 aliphatic carbocycles. The third-order valence-electron chi connectivity index (χ3n) is 5.49. The van der Waals surface area contributed by atoms with Gasteiger partial charge in [0.1, 0.15) is 0 Å². The first-order valence-corrected chi connectivity index (χ1v) is 14.1. The van der Waals surface area contributed by atoms with E-state index in [0.717, 1.165) is 21.2 Å². The van der Waals surface area contributed by atoms with Crippen LogP contribution in [-0.2, 0) is 19.1 Å². The minimum absolute atomic E-state index is 0.343. The first kappa shape index (κ1) is 25.5. The Balaban J connectivity index is 2.12. The van der Waals surface area contributed by atoms with Crippen molar-refractivity contribution in [1.29, 1.82) is 0 Å². The Morgan fingerprint density at radius 2 is 0.667 bits per heavy atom. The number of benzene rings is 4. The highest BCUT2D eigenvalue weighted by molar-refractivity contribution is 7.82. The van der Waals surface area contributed by atoms with E-state index in [-0.39, 0.29) is 0 Å². The lowest BCUT2D eigenvalue weighted by atomic mass is 10.4. The molecule has 0 aliphatic heterocycles. The van der Waals surface area contributed by atoms with Gasteiger partial charge in [0.05, 0.1) is 24.8 Å². The fraction of sp³-hybridized carbons (Fsp3) is 0.0667. The maximum atomic E-state index is 13.7. The highest BCUT2D eigenvalue weighted by Gasteiger charge is 2.37. The van der Waals surface area contributed by atoms with Gasteiger partial charge >= 0.3 is 11.9 Å². The van der Waals surface area contributed by atoms with E-state index in [1.807, 2.05) is 121 Å². The smallest absolute Gasteiger partial charge is 0.339 e. The summed E-state index contributed by atoms with van der Waals surface area (Å²) in [6.45, 7) is 0. The number of carbonyl (C=O) groups is 2. The summed E-state index contributed by atoms with van der Waals surface area (Å²) >= 11 is 0. The molecule has 0 fully saturated rings. The van der Waals surface area contributed by atoms with E-state index < -0.39 is 27.8 Å². The summed E-state index contributed by atoms with van der Waals surface area (Å²) in [5.41, 5.74) is 0. The Bertz CT molecular complexity index is 1140. The van der Waals surface area contributed by atoms with Crippen molar-refractivity contribution in [2.24, 2.45) is 0 Å². The van der Waals surface area contributed by atoms with Crippen LogP contribution in [0.3, 0.4) is 0 Å². The lowest BCUT2D eigenvalue weighted by Gasteiger charge is -2.27. The van der Waals surface area contributed by atoms with E-state index in [4.69, 9.17) is 9.47 Å². The average Bonchev–Trinajstić information content (AvgIpc) is 2.96. The topological polar surface area (TPSA) is 52.6 Å². The second-order valence-corrected chi connectivity index (χ2v) is 12.0. The van der Waals surface area contributed by atoms with Crippen LogP contribution < -0.4 is 21.2 Å². The zero-order valence-electron chi connectivity index (χ0n) is 20.1. The predicted molar refractivity (Wildman–Crippen MR) is 149 cm³/mol. The SMILES string of the molecule is COC(=O)/C(=C(/C(=O)OC)P(c1ccccc1)c1ccccc1)P(c1ccccc1)c1ccccc1. The van der Waals surface area contributed by atoms with Crippen molar-refractivity contribution in [2.45, 2.75) is 0 Å². The molecule has 4 nitrogen and oxygen atoms in total. The second kappa shape index (κ2) is 12.4. The van der Waals surface area contributed by atoms with Crippen LogP contribution in [0.2, 0.25) is 0 Å². The van der Waals surface area contributed by atoms with Crippen molar-refractivity contribution in [2.75, 3.05) is 14.2 Å². The van der Waals surface area contributed by atoms with Crippen molar-refractivity contribution >= 4 is 49.0 Å². The van der Waals surface area contributed by atoms with E-state index in [2.05, 4.69) is 0 Å². The van der Waals surface area contributed by atoms with E-state index in [0.29, 0.717) is 10.6 Å². The van der Waals surface area contributed by atoms with E-state index in [9.17, 15) is 9.59 Å². The van der Waals surface area contributed by atoms with Gasteiger partial charge in [0, 0.05) is 0 Å². The van der Waals surface area contributed by atoms with Gasteiger partial charge in [0.15, 0.2) is 0 Å². The van der Waals surface area contributed by atoms with Crippen LogP contribution in [0.5, 0.6) is 0 Å². The molecule has 6 heteroatoms. The predicted octanol–water partition coefficient (Wildman–Crippen LogP) is 4.81. The lowest BCUT2D eigenvalue weighted by molar-refractivity contribution is -0.138. The van der Waals surface area contributed by atoms with Gasteiger partial charge in [-0.25, -0.2) is 9.59 Å². The van der Waals surface area contributed by atoms with Crippen LogP contribution in [0.1, 0.15) is 0 Å². The van der Waals surface area contributed by atoms with Gasteiger partial charge in [-0.15, -0.1) is 0 Å². The number of esters is 2. The fourth-order valence-electron chi connectivity index (χ4n) is 3.90. The van der Waals surface area contributed by atoms with Crippen molar-refractivity contribution in [3.63, 3.8) is 0 Å². The summed E-state index contributed by atoms with van der Waals surface area (Å²) in [5, 5.41) is 4.45. The van der Waals surface area contributed by atoms with Crippen LogP contribution in [0.25, 0.3) is 0 Å². The zero-order chi connectivity index (χ0) is 25.3. The van der Waals surface area contributed by atoms with E-state index in [1.54, 1.807) is 0 Å². The third-order valence-corrected chi connectivity index (χ3v) is 10.6. The standard InChI is InChI=1S/C30H26O4P2/c1-33-29(31)27(35(23-15-7-3-8-16-23)24-17-9-4-10-18-24)28(30(32)34-2)36(25-19-11-5-12-20-25)26-21-13-6-14-22-26/h3-22H,1-2H3/b28-27+. The summed E-state index contributed by atoms with van der Waals surface area (Å²) in [6, 6.07) is 39.2. The molecule has 0 aliphatic rings. The molecule has 0 heterocycles. The van der Waals surface area contributed by atoms with Crippen molar-refractivity contribution < 1.29 is 19.1 Å². The maximum absolute atomic E-state index is 13.7. The van der Waals surface area contributed by atoms with Crippen molar-refractivity contribution in [3.8, 4) is 0 Å². The zero-order valence-corrected chi connectivity index (χ0v) is 21.9. The molecule has 0 atom stereocenters. The molecule has 0 unspecified atom stereocenters. The second-order valence-electron chi connectivity index (χ2n) is 7.69. The molecular weight excluding hydrogens is 486 g/mol. The molecule has 0 N–H and O–H groups in total. The summed E-state index contributed by atoms with van der Waals surface area (Å²) in [7, 11) is -0.149. The quantitative estimate of drug-likeness (QED) is 0.193. The van der Waals surface area contributed by atoms with Crippen molar-refractivity contribution in [3.05, 3.63) is 132 Å². The van der Waals surface area contributed by atoms with Crippen LogP contribution in [0.4, 0.5) is 0 Å². The summed E-state index contributed by atoms with van der Waals surface area (Å²) in [4.78, 5) is 27.3. The van der Waals surface area contributed by atoms with E-state index >= 15 is 0 Å².